The number of hydrogen-bond acceptors (Lipinski definition) is 6. The maximum absolute atomic E-state index is 13.4. The van der Waals surface area contributed by atoms with Crippen molar-refractivity contribution in [1.82, 2.24) is 0 Å². The minimum atomic E-state index is -3.73. The van der Waals surface area contributed by atoms with E-state index in [1.54, 1.807) is 26.8 Å². The first-order chi connectivity index (χ1) is 12.1. The molecular formula is C18H28BrO6P. The summed E-state index contributed by atoms with van der Waals surface area (Å²) < 4.78 is 35.3. The van der Waals surface area contributed by atoms with E-state index in [0.29, 0.717) is 22.4 Å². The first kappa shape index (κ1) is 23.2. The molecule has 0 saturated carbocycles. The Labute approximate surface area is 163 Å². The van der Waals surface area contributed by atoms with Crippen LogP contribution in [0.5, 0.6) is 0 Å². The minimum Gasteiger partial charge on any atom is -0.464 e. The maximum Gasteiger partial charge on any atom is 0.362 e. The highest BCUT2D eigenvalue weighted by atomic mass is 79.9. The van der Waals surface area contributed by atoms with Gasteiger partial charge in [0.25, 0.3) is 0 Å². The molecule has 8 heteroatoms. The van der Waals surface area contributed by atoms with Crippen molar-refractivity contribution in [3.63, 3.8) is 0 Å². The van der Waals surface area contributed by atoms with E-state index in [-0.39, 0.29) is 30.5 Å². The predicted molar refractivity (Wildman–Crippen MR) is 106 cm³/mol. The third-order valence-corrected chi connectivity index (χ3v) is 6.05. The van der Waals surface area contributed by atoms with Gasteiger partial charge in [0, 0.05) is 17.1 Å². The van der Waals surface area contributed by atoms with Gasteiger partial charge in [-0.1, -0.05) is 36.7 Å². The van der Waals surface area contributed by atoms with Crippen molar-refractivity contribution in [2.45, 2.75) is 52.3 Å². The summed E-state index contributed by atoms with van der Waals surface area (Å²) >= 11 is 3.39. The molecule has 0 aliphatic carbocycles. The van der Waals surface area contributed by atoms with Crippen molar-refractivity contribution in [2.75, 3.05) is 19.8 Å². The second kappa shape index (κ2) is 9.88. The van der Waals surface area contributed by atoms with Crippen molar-refractivity contribution in [2.24, 2.45) is 0 Å². The summed E-state index contributed by atoms with van der Waals surface area (Å²) in [4.78, 5) is 12.1. The van der Waals surface area contributed by atoms with Gasteiger partial charge in [-0.25, -0.2) is 4.79 Å². The molecule has 1 aromatic heterocycles. The number of ether oxygens (including phenoxy) is 1. The zero-order valence-electron chi connectivity index (χ0n) is 16.3. The normalized spacial score (nSPS) is 13.1. The Hall–Kier alpha value is -0.880. The first-order valence-corrected chi connectivity index (χ1v) is 11.3. The molecule has 0 unspecified atom stereocenters. The van der Waals surface area contributed by atoms with Crippen molar-refractivity contribution in [3.05, 3.63) is 29.2 Å². The standard InChI is InChI=1S/C18H28BrO6P/c1-7-22-17(20)11-15(26(21,23-8-2)24-9-3)13-10-16(18(4,5)6)25-14(13)12-19/h10-11H,7-9,12H2,1-6H3/b15-11+. The van der Waals surface area contributed by atoms with Gasteiger partial charge < -0.3 is 18.2 Å². The Morgan fingerprint density at radius 1 is 1.19 bits per heavy atom. The lowest BCUT2D eigenvalue weighted by molar-refractivity contribution is -0.137. The summed E-state index contributed by atoms with van der Waals surface area (Å²) in [5, 5.41) is 0.532. The van der Waals surface area contributed by atoms with Crippen molar-refractivity contribution in [1.29, 1.82) is 0 Å². The van der Waals surface area contributed by atoms with Crippen LogP contribution >= 0.6 is 23.5 Å². The van der Waals surface area contributed by atoms with E-state index >= 15 is 0 Å². The Morgan fingerprint density at radius 3 is 2.19 bits per heavy atom. The molecule has 1 aromatic rings. The molecule has 0 N–H and O–H groups in total. The molecule has 6 nitrogen and oxygen atoms in total. The molecule has 0 atom stereocenters. The number of furan rings is 1. The van der Waals surface area contributed by atoms with Gasteiger partial charge in [0.05, 0.1) is 30.5 Å². The molecule has 1 rings (SSSR count). The largest absolute Gasteiger partial charge is 0.464 e. The number of halogens is 1. The minimum absolute atomic E-state index is 0.147. The van der Waals surface area contributed by atoms with Crippen LogP contribution in [0, 0.1) is 0 Å². The monoisotopic (exact) mass is 450 g/mol. The number of alkyl halides is 1. The quantitative estimate of drug-likeness (QED) is 0.209. The Kier molecular flexibility index (Phi) is 8.80. The molecule has 0 fully saturated rings. The van der Waals surface area contributed by atoms with Gasteiger partial charge in [-0.15, -0.1) is 0 Å². The SMILES string of the molecule is CCOC(=O)/C=C(\c1cc(C(C)(C)C)oc1CBr)P(=O)(OCC)OCC. The van der Waals surface area contributed by atoms with E-state index in [1.807, 2.05) is 20.8 Å². The van der Waals surface area contributed by atoms with Gasteiger partial charge in [-0.3, -0.25) is 4.57 Å². The highest BCUT2D eigenvalue weighted by molar-refractivity contribution is 9.08. The number of hydrogen-bond donors (Lipinski definition) is 0. The summed E-state index contributed by atoms with van der Waals surface area (Å²) in [5.41, 5.74) is 0.260. The van der Waals surface area contributed by atoms with Gasteiger partial charge >= 0.3 is 13.6 Å². The van der Waals surface area contributed by atoms with Crippen LogP contribution in [0.4, 0.5) is 0 Å². The topological polar surface area (TPSA) is 75.0 Å². The first-order valence-electron chi connectivity index (χ1n) is 8.60. The molecule has 26 heavy (non-hydrogen) atoms. The summed E-state index contributed by atoms with van der Waals surface area (Å²) in [6, 6.07) is 1.78. The average Bonchev–Trinajstić information content (AvgIpc) is 2.97. The molecular weight excluding hydrogens is 423 g/mol. The van der Waals surface area contributed by atoms with Crippen molar-refractivity contribution in [3.8, 4) is 0 Å². The number of carbonyl (C=O) groups excluding carboxylic acids is 1. The summed E-state index contributed by atoms with van der Waals surface area (Å²) in [6.45, 7) is 11.7. The summed E-state index contributed by atoms with van der Waals surface area (Å²) in [6.07, 6.45) is 1.18. The fourth-order valence-electron chi connectivity index (χ4n) is 2.23. The molecule has 0 bridgehead atoms. The van der Waals surface area contributed by atoms with Crippen molar-refractivity contribution >= 4 is 34.8 Å². The fourth-order valence-corrected chi connectivity index (χ4v) is 4.43. The lowest BCUT2D eigenvalue weighted by Gasteiger charge is -2.20. The van der Waals surface area contributed by atoms with E-state index in [0.717, 1.165) is 0 Å². The van der Waals surface area contributed by atoms with E-state index < -0.39 is 13.6 Å². The lowest BCUT2D eigenvalue weighted by Crippen LogP contribution is -2.09. The Bertz CT molecular complexity index is 676. The smallest absolute Gasteiger partial charge is 0.362 e. The molecule has 1 heterocycles. The highest BCUT2D eigenvalue weighted by Crippen LogP contribution is 2.61. The van der Waals surface area contributed by atoms with Crippen LogP contribution in [0.15, 0.2) is 16.6 Å². The Balaban J connectivity index is 3.63. The van der Waals surface area contributed by atoms with Gasteiger partial charge in [0.1, 0.15) is 11.5 Å². The third kappa shape index (κ3) is 5.81. The van der Waals surface area contributed by atoms with E-state index in [2.05, 4.69) is 15.9 Å². The van der Waals surface area contributed by atoms with Crippen LogP contribution in [0.3, 0.4) is 0 Å². The second-order valence-electron chi connectivity index (χ2n) is 6.45. The predicted octanol–water partition coefficient (Wildman–Crippen LogP) is 5.64. The second-order valence-corrected chi connectivity index (χ2v) is 9.00. The van der Waals surface area contributed by atoms with E-state index in [4.69, 9.17) is 18.2 Å². The number of esters is 1. The molecule has 0 aliphatic rings. The van der Waals surface area contributed by atoms with Gasteiger partial charge in [-0.2, -0.15) is 0 Å². The fraction of sp³-hybridized carbons (Fsp3) is 0.611. The van der Waals surface area contributed by atoms with Crippen LogP contribution in [0.25, 0.3) is 5.31 Å². The molecule has 0 amide bonds. The average molecular weight is 451 g/mol. The maximum atomic E-state index is 13.4. The molecule has 0 spiro atoms. The Morgan fingerprint density at radius 2 is 1.77 bits per heavy atom. The van der Waals surface area contributed by atoms with Gasteiger partial charge in [0.15, 0.2) is 0 Å². The molecule has 0 aliphatic heterocycles. The molecule has 0 saturated heterocycles. The van der Waals surface area contributed by atoms with Crippen molar-refractivity contribution < 1.29 is 27.6 Å². The molecule has 148 valence electrons. The highest BCUT2D eigenvalue weighted by Gasteiger charge is 2.35. The van der Waals surface area contributed by atoms with Crippen LogP contribution in [0.1, 0.15) is 58.6 Å². The molecule has 0 aromatic carbocycles. The van der Waals surface area contributed by atoms with E-state index in [9.17, 15) is 9.36 Å². The van der Waals surface area contributed by atoms with Crippen LogP contribution in [0.2, 0.25) is 0 Å². The lowest BCUT2D eigenvalue weighted by atomic mass is 9.93. The zero-order chi connectivity index (χ0) is 20.0. The van der Waals surface area contributed by atoms with Crippen LogP contribution in [-0.2, 0) is 33.9 Å². The summed E-state index contributed by atoms with van der Waals surface area (Å²) in [5.74, 6) is 0.641. The zero-order valence-corrected chi connectivity index (χ0v) is 18.7. The number of carbonyl (C=O) groups is 1. The number of rotatable bonds is 9. The third-order valence-electron chi connectivity index (χ3n) is 3.38. The van der Waals surface area contributed by atoms with Crippen LogP contribution < -0.4 is 0 Å². The molecule has 0 radical (unpaired) electrons. The van der Waals surface area contributed by atoms with E-state index in [1.165, 1.54) is 6.08 Å². The summed E-state index contributed by atoms with van der Waals surface area (Å²) in [7, 11) is -3.73. The van der Waals surface area contributed by atoms with Gasteiger partial charge in [0.2, 0.25) is 0 Å². The van der Waals surface area contributed by atoms with Crippen LogP contribution in [-0.4, -0.2) is 25.8 Å². The van der Waals surface area contributed by atoms with Gasteiger partial charge in [-0.05, 0) is 26.8 Å².